The SMILES string of the molecule is C=CCNC(=O)Nc1ccc(NC(=O)c2cc(C(N)=O)cs2)cc1. The highest BCUT2D eigenvalue weighted by molar-refractivity contribution is 7.12. The Hall–Kier alpha value is -3.13. The van der Waals surface area contributed by atoms with Crippen molar-refractivity contribution in [1.29, 1.82) is 0 Å². The maximum atomic E-state index is 12.1. The minimum atomic E-state index is -0.574. The van der Waals surface area contributed by atoms with Crippen LogP contribution in [0, 0.1) is 0 Å². The Morgan fingerprint density at radius 1 is 1.12 bits per heavy atom. The van der Waals surface area contributed by atoms with Gasteiger partial charge in [-0.15, -0.1) is 17.9 Å². The number of primary amides is 1. The maximum absolute atomic E-state index is 12.1. The van der Waals surface area contributed by atoms with Crippen LogP contribution in [0.2, 0.25) is 0 Å². The van der Waals surface area contributed by atoms with Gasteiger partial charge in [0.15, 0.2) is 0 Å². The van der Waals surface area contributed by atoms with Gasteiger partial charge in [0.1, 0.15) is 0 Å². The molecule has 1 heterocycles. The van der Waals surface area contributed by atoms with Gasteiger partial charge < -0.3 is 21.7 Å². The fraction of sp³-hybridized carbons (Fsp3) is 0.0625. The van der Waals surface area contributed by atoms with E-state index in [1.165, 1.54) is 11.4 Å². The van der Waals surface area contributed by atoms with Crippen LogP contribution >= 0.6 is 11.3 Å². The second-order valence-corrected chi connectivity index (χ2v) is 5.63. The summed E-state index contributed by atoms with van der Waals surface area (Å²) in [7, 11) is 0. The number of amides is 4. The lowest BCUT2D eigenvalue weighted by Gasteiger charge is -2.07. The zero-order chi connectivity index (χ0) is 17.5. The quantitative estimate of drug-likeness (QED) is 0.603. The highest BCUT2D eigenvalue weighted by Gasteiger charge is 2.12. The van der Waals surface area contributed by atoms with E-state index in [9.17, 15) is 14.4 Å². The lowest BCUT2D eigenvalue weighted by molar-refractivity contribution is 0.100. The molecule has 0 saturated heterocycles. The van der Waals surface area contributed by atoms with Gasteiger partial charge in [0.05, 0.1) is 10.4 Å². The van der Waals surface area contributed by atoms with E-state index < -0.39 is 5.91 Å². The molecule has 0 bridgehead atoms. The van der Waals surface area contributed by atoms with E-state index in [4.69, 9.17) is 5.73 Å². The highest BCUT2D eigenvalue weighted by atomic mass is 32.1. The van der Waals surface area contributed by atoms with Crippen molar-refractivity contribution in [2.75, 3.05) is 17.2 Å². The summed E-state index contributed by atoms with van der Waals surface area (Å²) in [4.78, 5) is 35.0. The summed E-state index contributed by atoms with van der Waals surface area (Å²) < 4.78 is 0. The molecule has 1 aromatic carbocycles. The van der Waals surface area contributed by atoms with Gasteiger partial charge in [0.2, 0.25) is 5.91 Å². The van der Waals surface area contributed by atoms with E-state index in [-0.39, 0.29) is 11.9 Å². The van der Waals surface area contributed by atoms with Crippen LogP contribution in [0.15, 0.2) is 48.4 Å². The number of benzene rings is 1. The monoisotopic (exact) mass is 344 g/mol. The Kier molecular flexibility index (Phi) is 5.69. The first-order valence-electron chi connectivity index (χ1n) is 6.95. The van der Waals surface area contributed by atoms with Crippen molar-refractivity contribution in [1.82, 2.24) is 5.32 Å². The summed E-state index contributed by atoms with van der Waals surface area (Å²) in [6.07, 6.45) is 1.58. The highest BCUT2D eigenvalue weighted by Crippen LogP contribution is 2.18. The number of nitrogens with two attached hydrogens (primary N) is 1. The third-order valence-corrected chi connectivity index (χ3v) is 3.84. The van der Waals surface area contributed by atoms with Gasteiger partial charge in [0, 0.05) is 23.3 Å². The van der Waals surface area contributed by atoms with Crippen LogP contribution in [0.1, 0.15) is 20.0 Å². The molecule has 0 aliphatic carbocycles. The lowest BCUT2D eigenvalue weighted by atomic mass is 10.2. The van der Waals surface area contributed by atoms with Crippen LogP contribution in [0.3, 0.4) is 0 Å². The molecule has 2 rings (SSSR count). The van der Waals surface area contributed by atoms with Crippen molar-refractivity contribution in [3.63, 3.8) is 0 Å². The molecule has 5 N–H and O–H groups in total. The van der Waals surface area contributed by atoms with Crippen molar-refractivity contribution in [2.45, 2.75) is 0 Å². The topological polar surface area (TPSA) is 113 Å². The molecule has 0 aliphatic heterocycles. The number of anilines is 2. The van der Waals surface area contributed by atoms with E-state index in [1.807, 2.05) is 0 Å². The third kappa shape index (κ3) is 4.68. The molecular formula is C16H16N4O3S. The molecule has 0 unspecified atom stereocenters. The lowest BCUT2D eigenvalue weighted by Crippen LogP contribution is -2.28. The summed E-state index contributed by atoms with van der Waals surface area (Å²) >= 11 is 1.14. The predicted molar refractivity (Wildman–Crippen MR) is 94.5 cm³/mol. The molecule has 7 nitrogen and oxygen atoms in total. The van der Waals surface area contributed by atoms with E-state index in [2.05, 4.69) is 22.5 Å². The first-order valence-corrected chi connectivity index (χ1v) is 7.83. The largest absolute Gasteiger partial charge is 0.366 e. The van der Waals surface area contributed by atoms with E-state index in [1.54, 1.807) is 30.3 Å². The summed E-state index contributed by atoms with van der Waals surface area (Å²) in [5.41, 5.74) is 6.60. The van der Waals surface area contributed by atoms with Gasteiger partial charge in [-0.1, -0.05) is 6.08 Å². The molecular weight excluding hydrogens is 328 g/mol. The Morgan fingerprint density at radius 2 is 1.75 bits per heavy atom. The molecule has 4 amide bonds. The van der Waals surface area contributed by atoms with E-state index in [0.29, 0.717) is 28.4 Å². The number of nitrogens with one attached hydrogen (secondary N) is 3. The summed E-state index contributed by atoms with van der Waals surface area (Å²) in [6.45, 7) is 3.88. The average Bonchev–Trinajstić information content (AvgIpc) is 3.05. The number of urea groups is 1. The minimum Gasteiger partial charge on any atom is -0.366 e. The Morgan fingerprint density at radius 3 is 2.29 bits per heavy atom. The van der Waals surface area contributed by atoms with Crippen molar-refractivity contribution in [3.8, 4) is 0 Å². The van der Waals surface area contributed by atoms with Crippen molar-refractivity contribution >= 4 is 40.6 Å². The molecule has 8 heteroatoms. The fourth-order valence-electron chi connectivity index (χ4n) is 1.75. The number of thiophene rings is 1. The molecule has 0 spiro atoms. The minimum absolute atomic E-state index is 0.301. The number of carbonyl (C=O) groups excluding carboxylic acids is 3. The molecule has 24 heavy (non-hydrogen) atoms. The number of hydrogen-bond acceptors (Lipinski definition) is 4. The van der Waals surface area contributed by atoms with Gasteiger partial charge in [-0.3, -0.25) is 9.59 Å². The Balaban J connectivity index is 1.95. The van der Waals surface area contributed by atoms with Gasteiger partial charge in [-0.25, -0.2) is 4.79 Å². The fourth-order valence-corrected chi connectivity index (χ4v) is 2.55. The van der Waals surface area contributed by atoms with Crippen LogP contribution in [0.25, 0.3) is 0 Å². The standard InChI is InChI=1S/C16H16N4O3S/c1-2-7-18-16(23)20-12-5-3-11(4-6-12)19-15(22)13-8-10(9-24-13)14(17)21/h2-6,8-9H,1,7H2,(H2,17,21)(H,19,22)(H2,18,20,23). The summed E-state index contributed by atoms with van der Waals surface area (Å²) in [5.74, 6) is -0.910. The first kappa shape index (κ1) is 17.2. The third-order valence-electron chi connectivity index (χ3n) is 2.92. The Bertz CT molecular complexity index is 768. The van der Waals surface area contributed by atoms with Gasteiger partial charge in [0.25, 0.3) is 5.91 Å². The summed E-state index contributed by atoms with van der Waals surface area (Å²) in [5, 5.41) is 9.47. The molecule has 2 aromatic rings. The molecule has 124 valence electrons. The zero-order valence-electron chi connectivity index (χ0n) is 12.7. The molecule has 1 aromatic heterocycles. The van der Waals surface area contributed by atoms with Crippen LogP contribution < -0.4 is 21.7 Å². The molecule has 0 fully saturated rings. The van der Waals surface area contributed by atoms with Crippen molar-refractivity contribution in [2.24, 2.45) is 5.73 Å². The van der Waals surface area contributed by atoms with Gasteiger partial charge in [-0.05, 0) is 30.3 Å². The molecule has 0 aliphatic rings. The number of carbonyl (C=O) groups is 3. The van der Waals surface area contributed by atoms with E-state index >= 15 is 0 Å². The van der Waals surface area contributed by atoms with Crippen LogP contribution in [-0.4, -0.2) is 24.4 Å². The van der Waals surface area contributed by atoms with Gasteiger partial charge in [-0.2, -0.15) is 0 Å². The Labute approximate surface area is 142 Å². The van der Waals surface area contributed by atoms with Crippen molar-refractivity contribution < 1.29 is 14.4 Å². The van der Waals surface area contributed by atoms with Crippen LogP contribution in [0.4, 0.5) is 16.2 Å². The predicted octanol–water partition coefficient (Wildman–Crippen LogP) is 2.41. The first-order chi connectivity index (χ1) is 11.5. The smallest absolute Gasteiger partial charge is 0.319 e. The average molecular weight is 344 g/mol. The number of rotatable bonds is 6. The second-order valence-electron chi connectivity index (χ2n) is 4.72. The van der Waals surface area contributed by atoms with E-state index in [0.717, 1.165) is 11.3 Å². The number of hydrogen-bond donors (Lipinski definition) is 4. The van der Waals surface area contributed by atoms with Crippen LogP contribution in [-0.2, 0) is 0 Å². The zero-order valence-corrected chi connectivity index (χ0v) is 13.5. The normalized spacial score (nSPS) is 9.83. The maximum Gasteiger partial charge on any atom is 0.319 e. The molecule has 0 atom stereocenters. The summed E-state index contributed by atoms with van der Waals surface area (Å²) in [6, 6.07) is 7.73. The second kappa shape index (κ2) is 7.93. The van der Waals surface area contributed by atoms with Crippen molar-refractivity contribution in [3.05, 3.63) is 58.8 Å². The molecule has 0 saturated carbocycles. The van der Waals surface area contributed by atoms with Crippen LogP contribution in [0.5, 0.6) is 0 Å². The van der Waals surface area contributed by atoms with Gasteiger partial charge >= 0.3 is 6.03 Å². The molecule has 0 radical (unpaired) electrons.